The number of nitrogens with two attached hydrogens (primary N) is 1. The van der Waals surface area contributed by atoms with Crippen LogP contribution < -0.4 is 5.73 Å². The van der Waals surface area contributed by atoms with Gasteiger partial charge in [-0.05, 0) is 5.56 Å². The Labute approximate surface area is 143 Å². The van der Waals surface area contributed by atoms with Gasteiger partial charge in [0.05, 0.1) is 60.0 Å². The molecular weight excluding hydrogens is 314 g/mol. The summed E-state index contributed by atoms with van der Waals surface area (Å²) in [5, 5.41) is 0. The van der Waals surface area contributed by atoms with Crippen molar-refractivity contribution in [2.75, 3.05) is 53.4 Å². The van der Waals surface area contributed by atoms with Gasteiger partial charge < -0.3 is 29.4 Å². The van der Waals surface area contributed by atoms with Gasteiger partial charge in [0.25, 0.3) is 0 Å². The molecule has 0 radical (unpaired) electrons. The second-order valence-electron chi connectivity index (χ2n) is 4.97. The number of hydrogen-bond donors (Lipinski definition) is 1. The molecule has 1 aromatic rings. The normalized spacial score (nSPS) is 12.1. The molecule has 0 heterocycles. The van der Waals surface area contributed by atoms with Gasteiger partial charge in [0.2, 0.25) is 0 Å². The maximum Gasteiger partial charge on any atom is 0.325 e. The van der Waals surface area contributed by atoms with Crippen LogP contribution in [0.25, 0.3) is 0 Å². The van der Waals surface area contributed by atoms with Crippen LogP contribution in [0.3, 0.4) is 0 Å². The standard InChI is InChI=1S/C17H27NO6/c1-20-17(19)16(18)14-24-12-10-22-8-7-21-9-11-23-13-15-5-3-2-4-6-15/h2-6,16H,7-14,18H2,1H3/t16-/m0/s1. The zero-order valence-corrected chi connectivity index (χ0v) is 14.1. The van der Waals surface area contributed by atoms with E-state index >= 15 is 0 Å². The van der Waals surface area contributed by atoms with E-state index in [9.17, 15) is 4.79 Å². The first-order chi connectivity index (χ1) is 11.7. The maximum atomic E-state index is 11.0. The van der Waals surface area contributed by atoms with Gasteiger partial charge in [-0.1, -0.05) is 30.3 Å². The SMILES string of the molecule is COC(=O)[C@@H](N)COCCOCCOCCOCc1ccccc1. The fraction of sp³-hybridized carbons (Fsp3) is 0.588. The van der Waals surface area contributed by atoms with Crippen LogP contribution >= 0.6 is 0 Å². The first-order valence-electron chi connectivity index (χ1n) is 7.92. The molecule has 2 N–H and O–H groups in total. The fourth-order valence-electron chi connectivity index (χ4n) is 1.75. The Morgan fingerprint density at radius 2 is 1.46 bits per heavy atom. The van der Waals surface area contributed by atoms with Gasteiger partial charge in [0.1, 0.15) is 6.04 Å². The second kappa shape index (κ2) is 13.9. The van der Waals surface area contributed by atoms with E-state index in [0.29, 0.717) is 46.2 Å². The number of hydrogen-bond acceptors (Lipinski definition) is 7. The van der Waals surface area contributed by atoms with Gasteiger partial charge in [-0.15, -0.1) is 0 Å². The van der Waals surface area contributed by atoms with E-state index in [1.807, 2.05) is 30.3 Å². The Morgan fingerprint density at radius 1 is 0.917 bits per heavy atom. The Kier molecular flexibility index (Phi) is 11.9. The summed E-state index contributed by atoms with van der Waals surface area (Å²) < 4.78 is 25.9. The highest BCUT2D eigenvalue weighted by Crippen LogP contribution is 1.99. The minimum absolute atomic E-state index is 0.116. The number of benzene rings is 1. The molecule has 0 fully saturated rings. The van der Waals surface area contributed by atoms with Crippen molar-refractivity contribution in [1.29, 1.82) is 0 Å². The molecule has 1 atom stereocenters. The molecule has 0 saturated carbocycles. The van der Waals surface area contributed by atoms with Crippen LogP contribution in [0.4, 0.5) is 0 Å². The highest BCUT2D eigenvalue weighted by Gasteiger charge is 2.12. The molecule has 136 valence electrons. The zero-order valence-electron chi connectivity index (χ0n) is 14.1. The van der Waals surface area contributed by atoms with Crippen LogP contribution in [0.5, 0.6) is 0 Å². The lowest BCUT2D eigenvalue weighted by Gasteiger charge is -2.10. The average Bonchev–Trinajstić information content (AvgIpc) is 2.62. The molecule has 24 heavy (non-hydrogen) atoms. The topological polar surface area (TPSA) is 89.2 Å². The van der Waals surface area contributed by atoms with Gasteiger partial charge in [-0.25, -0.2) is 0 Å². The largest absolute Gasteiger partial charge is 0.468 e. The smallest absolute Gasteiger partial charge is 0.325 e. The lowest BCUT2D eigenvalue weighted by atomic mass is 10.2. The Balaban J connectivity index is 1.80. The van der Waals surface area contributed by atoms with Gasteiger partial charge in [-0.2, -0.15) is 0 Å². The summed E-state index contributed by atoms with van der Waals surface area (Å²) >= 11 is 0. The quantitative estimate of drug-likeness (QED) is 0.394. The van der Waals surface area contributed by atoms with Crippen LogP contribution in [0.1, 0.15) is 5.56 Å². The van der Waals surface area contributed by atoms with E-state index in [1.54, 1.807) is 0 Å². The predicted molar refractivity (Wildman–Crippen MR) is 88.5 cm³/mol. The molecule has 0 unspecified atom stereocenters. The van der Waals surface area contributed by atoms with E-state index in [1.165, 1.54) is 7.11 Å². The number of rotatable bonds is 14. The van der Waals surface area contributed by atoms with Crippen molar-refractivity contribution in [2.45, 2.75) is 12.6 Å². The summed E-state index contributed by atoms with van der Waals surface area (Å²) in [5.74, 6) is -0.487. The number of carbonyl (C=O) groups is 1. The molecule has 1 aromatic carbocycles. The Hall–Kier alpha value is -1.51. The molecule has 0 aliphatic heterocycles. The van der Waals surface area contributed by atoms with Crippen LogP contribution in [0.15, 0.2) is 30.3 Å². The molecule has 7 nitrogen and oxygen atoms in total. The molecule has 7 heteroatoms. The van der Waals surface area contributed by atoms with E-state index < -0.39 is 12.0 Å². The average molecular weight is 341 g/mol. The minimum Gasteiger partial charge on any atom is -0.468 e. The van der Waals surface area contributed by atoms with Gasteiger partial charge in [-0.3, -0.25) is 4.79 Å². The summed E-state index contributed by atoms with van der Waals surface area (Å²) in [5.41, 5.74) is 6.66. The second-order valence-corrected chi connectivity index (χ2v) is 4.97. The third kappa shape index (κ3) is 10.3. The third-order valence-electron chi connectivity index (χ3n) is 3.03. The van der Waals surface area contributed by atoms with Crippen LogP contribution in [0.2, 0.25) is 0 Å². The van der Waals surface area contributed by atoms with E-state index in [4.69, 9.17) is 24.7 Å². The molecule has 0 saturated heterocycles. The number of carbonyl (C=O) groups excluding carboxylic acids is 1. The van der Waals surface area contributed by atoms with Crippen molar-refractivity contribution in [3.05, 3.63) is 35.9 Å². The maximum absolute atomic E-state index is 11.0. The molecule has 0 aliphatic rings. The van der Waals surface area contributed by atoms with Gasteiger partial charge in [0, 0.05) is 0 Å². The van der Waals surface area contributed by atoms with Crippen LogP contribution in [-0.2, 0) is 35.1 Å². The number of methoxy groups -OCH3 is 1. The van der Waals surface area contributed by atoms with E-state index in [-0.39, 0.29) is 6.61 Å². The first-order valence-corrected chi connectivity index (χ1v) is 7.92. The van der Waals surface area contributed by atoms with E-state index in [2.05, 4.69) is 4.74 Å². The number of esters is 1. The summed E-state index contributed by atoms with van der Waals surface area (Å²) in [6.07, 6.45) is 0. The van der Waals surface area contributed by atoms with Crippen molar-refractivity contribution < 1.29 is 28.5 Å². The minimum atomic E-state index is -0.755. The highest BCUT2D eigenvalue weighted by molar-refractivity contribution is 5.75. The van der Waals surface area contributed by atoms with Crippen molar-refractivity contribution in [1.82, 2.24) is 0 Å². The molecule has 0 aliphatic carbocycles. The summed E-state index contributed by atoms with van der Waals surface area (Å²) in [7, 11) is 1.29. The zero-order chi connectivity index (χ0) is 17.5. The third-order valence-corrected chi connectivity index (χ3v) is 3.03. The molecule has 0 aromatic heterocycles. The molecule has 0 bridgehead atoms. The van der Waals surface area contributed by atoms with Crippen molar-refractivity contribution in [3.8, 4) is 0 Å². The molecule has 0 spiro atoms. The van der Waals surface area contributed by atoms with Crippen LogP contribution in [0, 0.1) is 0 Å². The van der Waals surface area contributed by atoms with Crippen molar-refractivity contribution >= 4 is 5.97 Å². The molecule has 0 amide bonds. The fourth-order valence-corrected chi connectivity index (χ4v) is 1.75. The summed E-state index contributed by atoms with van der Waals surface area (Å²) in [4.78, 5) is 11.0. The predicted octanol–water partition coefficient (Wildman–Crippen LogP) is 0.753. The Bertz CT molecular complexity index is 428. The lowest BCUT2D eigenvalue weighted by Crippen LogP contribution is -2.36. The van der Waals surface area contributed by atoms with E-state index in [0.717, 1.165) is 5.56 Å². The first kappa shape index (κ1) is 20.5. The highest BCUT2D eigenvalue weighted by atomic mass is 16.6. The summed E-state index contributed by atoms with van der Waals surface area (Å²) in [6, 6.07) is 9.24. The molecular formula is C17H27NO6. The van der Waals surface area contributed by atoms with Gasteiger partial charge in [0.15, 0.2) is 0 Å². The van der Waals surface area contributed by atoms with Crippen LogP contribution in [-0.4, -0.2) is 65.4 Å². The van der Waals surface area contributed by atoms with Crippen molar-refractivity contribution in [2.24, 2.45) is 5.73 Å². The monoisotopic (exact) mass is 341 g/mol. The van der Waals surface area contributed by atoms with Gasteiger partial charge >= 0.3 is 5.97 Å². The summed E-state index contributed by atoms with van der Waals surface area (Å²) in [6.45, 7) is 3.54. The Morgan fingerprint density at radius 3 is 2.04 bits per heavy atom. The number of ether oxygens (including phenoxy) is 5. The van der Waals surface area contributed by atoms with Crippen molar-refractivity contribution in [3.63, 3.8) is 0 Å². The molecule has 1 rings (SSSR count). The lowest BCUT2D eigenvalue weighted by molar-refractivity contribution is -0.143.